The Morgan fingerprint density at radius 2 is 1.48 bits per heavy atom. The highest BCUT2D eigenvalue weighted by Gasteiger charge is 2.32. The molecule has 0 bridgehead atoms. The monoisotopic (exact) mass is 441 g/mol. The van der Waals surface area contributed by atoms with E-state index in [0.717, 1.165) is 17.7 Å². The molecule has 130 valence electrons. The molecule has 0 saturated carbocycles. The zero-order valence-electron chi connectivity index (χ0n) is 12.0. The molecule has 0 saturated heterocycles. The van der Waals surface area contributed by atoms with Crippen LogP contribution in [0.5, 0.6) is 0 Å². The zero-order chi connectivity index (χ0) is 18.4. The Hall–Kier alpha value is -0.980. The summed E-state index contributed by atoms with van der Waals surface area (Å²) in [6.45, 7) is 0. The number of rotatable bonds is 2. The lowest BCUT2D eigenvalue weighted by Crippen LogP contribution is -2.05. The van der Waals surface area contributed by atoms with Crippen molar-refractivity contribution in [1.82, 2.24) is 4.98 Å². The normalized spacial score (nSPS) is 11.8. The first-order valence-corrected chi connectivity index (χ1v) is 9.03. The lowest BCUT2D eigenvalue weighted by molar-refractivity contribution is -0.137. The Morgan fingerprint density at radius 1 is 0.840 bits per heavy atom. The number of hydrogen-bond donors (Lipinski definition) is 0. The number of nitrogens with zero attached hydrogens (tertiary/aromatic N) is 1. The number of thiazole rings is 1. The average Bonchev–Trinajstić information content (AvgIpc) is 2.98. The summed E-state index contributed by atoms with van der Waals surface area (Å²) in [5, 5.41) is 2.70. The Bertz CT molecular complexity index is 930. The topological polar surface area (TPSA) is 12.9 Å². The van der Waals surface area contributed by atoms with E-state index in [1.54, 1.807) is 23.6 Å². The number of halogens is 7. The van der Waals surface area contributed by atoms with Gasteiger partial charge in [-0.05, 0) is 24.3 Å². The predicted octanol–water partition coefficient (Wildman–Crippen LogP) is 8.11. The van der Waals surface area contributed by atoms with Crippen LogP contribution in [0.1, 0.15) is 5.56 Å². The van der Waals surface area contributed by atoms with Crippen LogP contribution in [-0.2, 0) is 6.18 Å². The first-order chi connectivity index (χ1) is 11.7. The highest BCUT2D eigenvalue weighted by molar-refractivity contribution is 7.13. The van der Waals surface area contributed by atoms with Crippen molar-refractivity contribution in [2.75, 3.05) is 0 Å². The van der Waals surface area contributed by atoms with Crippen molar-refractivity contribution in [3.8, 4) is 21.8 Å². The van der Waals surface area contributed by atoms with E-state index >= 15 is 0 Å². The van der Waals surface area contributed by atoms with Crippen LogP contribution < -0.4 is 0 Å². The van der Waals surface area contributed by atoms with Crippen molar-refractivity contribution < 1.29 is 13.2 Å². The molecular weight excluding hydrogens is 437 g/mol. The molecule has 0 unspecified atom stereocenters. The third-order valence-corrected chi connectivity index (χ3v) is 5.50. The Labute approximate surface area is 164 Å². The van der Waals surface area contributed by atoms with Crippen molar-refractivity contribution in [2.45, 2.75) is 6.18 Å². The van der Waals surface area contributed by atoms with Crippen molar-refractivity contribution >= 4 is 57.7 Å². The molecule has 3 aromatic rings. The smallest absolute Gasteiger partial charge is 0.236 e. The molecule has 0 aliphatic rings. The fourth-order valence-electron chi connectivity index (χ4n) is 2.12. The maximum Gasteiger partial charge on any atom is 0.416 e. The molecule has 25 heavy (non-hydrogen) atoms. The molecule has 0 amide bonds. The third kappa shape index (κ3) is 3.91. The van der Waals surface area contributed by atoms with E-state index in [-0.39, 0.29) is 15.6 Å². The van der Waals surface area contributed by atoms with Gasteiger partial charge in [-0.15, -0.1) is 11.3 Å². The van der Waals surface area contributed by atoms with Crippen LogP contribution in [0.3, 0.4) is 0 Å². The highest BCUT2D eigenvalue weighted by Crippen LogP contribution is 2.42. The molecule has 2 aromatic carbocycles. The van der Waals surface area contributed by atoms with Gasteiger partial charge in [-0.25, -0.2) is 4.98 Å². The lowest BCUT2D eigenvalue weighted by atomic mass is 10.1. The molecule has 1 aromatic heterocycles. The van der Waals surface area contributed by atoms with Crippen molar-refractivity contribution in [3.63, 3.8) is 0 Å². The molecule has 0 radical (unpaired) electrons. The fraction of sp³-hybridized carbons (Fsp3) is 0.0625. The van der Waals surface area contributed by atoms with Gasteiger partial charge in [0.2, 0.25) is 0 Å². The second kappa shape index (κ2) is 6.97. The van der Waals surface area contributed by atoms with Crippen LogP contribution in [0.15, 0.2) is 35.7 Å². The van der Waals surface area contributed by atoms with Gasteiger partial charge in [-0.2, -0.15) is 13.2 Å². The minimum Gasteiger partial charge on any atom is -0.236 e. The highest BCUT2D eigenvalue weighted by atomic mass is 35.5. The quantitative estimate of drug-likeness (QED) is 0.390. The number of hydrogen-bond acceptors (Lipinski definition) is 2. The van der Waals surface area contributed by atoms with Crippen LogP contribution in [-0.4, -0.2) is 4.98 Å². The summed E-state index contributed by atoms with van der Waals surface area (Å²) in [4.78, 5) is 4.40. The number of alkyl halides is 3. The fourth-order valence-corrected chi connectivity index (χ4v) is 4.09. The van der Waals surface area contributed by atoms with Gasteiger partial charge in [0.15, 0.2) is 0 Å². The van der Waals surface area contributed by atoms with Crippen LogP contribution in [0, 0.1) is 0 Å². The minimum atomic E-state index is -4.53. The van der Waals surface area contributed by atoms with E-state index in [9.17, 15) is 13.2 Å². The third-order valence-electron chi connectivity index (χ3n) is 3.30. The minimum absolute atomic E-state index is 0.116. The van der Waals surface area contributed by atoms with Gasteiger partial charge in [0.1, 0.15) is 5.01 Å². The second-order valence-electron chi connectivity index (χ2n) is 4.98. The van der Waals surface area contributed by atoms with Crippen LogP contribution in [0.4, 0.5) is 13.2 Å². The Kier molecular flexibility index (Phi) is 5.24. The van der Waals surface area contributed by atoms with E-state index in [0.29, 0.717) is 20.7 Å². The summed E-state index contributed by atoms with van der Waals surface area (Å²) in [7, 11) is 0. The summed E-state index contributed by atoms with van der Waals surface area (Å²) < 4.78 is 38.5. The standard InChI is InChI=1S/C16H6Cl4F3NS/c17-9-2-1-7(3-10(9)18)13-6-25-15(24-13)14-11(19)4-8(5-12(14)20)16(21,22)23/h1-6H. The Balaban J connectivity index is 2.04. The van der Waals surface area contributed by atoms with Crippen LogP contribution in [0.2, 0.25) is 20.1 Å². The number of benzene rings is 2. The summed E-state index contributed by atoms with van der Waals surface area (Å²) in [6.07, 6.45) is -4.53. The maximum absolute atomic E-state index is 12.8. The SMILES string of the molecule is FC(F)(F)c1cc(Cl)c(-c2nc(-c3ccc(Cl)c(Cl)c3)cs2)c(Cl)c1. The first-order valence-electron chi connectivity index (χ1n) is 6.64. The van der Waals surface area contributed by atoms with Crippen LogP contribution in [0.25, 0.3) is 21.8 Å². The molecule has 0 atom stereocenters. The van der Waals surface area contributed by atoms with Gasteiger partial charge in [-0.1, -0.05) is 52.5 Å². The molecule has 0 aliphatic heterocycles. The van der Waals surface area contributed by atoms with Gasteiger partial charge < -0.3 is 0 Å². The van der Waals surface area contributed by atoms with Gasteiger partial charge in [0, 0.05) is 16.5 Å². The van der Waals surface area contributed by atoms with Crippen LogP contribution >= 0.6 is 57.7 Å². The van der Waals surface area contributed by atoms with Crippen molar-refractivity contribution in [2.24, 2.45) is 0 Å². The molecule has 1 nitrogen and oxygen atoms in total. The van der Waals surface area contributed by atoms with E-state index in [2.05, 4.69) is 4.98 Å². The summed E-state index contributed by atoms with van der Waals surface area (Å²) >= 11 is 25.1. The molecule has 0 aliphatic carbocycles. The van der Waals surface area contributed by atoms with E-state index in [1.807, 2.05) is 0 Å². The molecule has 3 rings (SSSR count). The molecule has 9 heteroatoms. The largest absolute Gasteiger partial charge is 0.416 e. The maximum atomic E-state index is 12.8. The summed E-state index contributed by atoms with van der Waals surface area (Å²) in [6, 6.07) is 6.70. The summed E-state index contributed by atoms with van der Waals surface area (Å²) in [5.74, 6) is 0. The van der Waals surface area contributed by atoms with E-state index in [4.69, 9.17) is 46.4 Å². The van der Waals surface area contributed by atoms with E-state index in [1.165, 1.54) is 11.3 Å². The van der Waals surface area contributed by atoms with Gasteiger partial charge in [-0.3, -0.25) is 0 Å². The van der Waals surface area contributed by atoms with Gasteiger partial charge in [0.05, 0.1) is 31.3 Å². The number of aromatic nitrogens is 1. The molecule has 0 spiro atoms. The first kappa shape index (κ1) is 18.8. The Morgan fingerprint density at radius 3 is 2.04 bits per heavy atom. The second-order valence-corrected chi connectivity index (χ2v) is 7.47. The lowest BCUT2D eigenvalue weighted by Gasteiger charge is -2.10. The molecular formula is C16H6Cl4F3NS. The van der Waals surface area contributed by atoms with Gasteiger partial charge in [0.25, 0.3) is 0 Å². The summed E-state index contributed by atoms with van der Waals surface area (Å²) in [5.41, 5.74) is 0.654. The van der Waals surface area contributed by atoms with Gasteiger partial charge >= 0.3 is 6.18 Å². The predicted molar refractivity (Wildman–Crippen MR) is 98.0 cm³/mol. The molecule has 0 fully saturated rings. The molecule has 0 N–H and O–H groups in total. The average molecular weight is 443 g/mol. The molecule has 1 heterocycles. The van der Waals surface area contributed by atoms with E-state index < -0.39 is 11.7 Å². The van der Waals surface area contributed by atoms with Crippen molar-refractivity contribution in [3.05, 3.63) is 61.4 Å². The zero-order valence-corrected chi connectivity index (χ0v) is 15.8. The van der Waals surface area contributed by atoms with Crippen molar-refractivity contribution in [1.29, 1.82) is 0 Å².